The van der Waals surface area contributed by atoms with Crippen LogP contribution in [0.5, 0.6) is 0 Å². The zero-order valence-electron chi connectivity index (χ0n) is 13.3. The Labute approximate surface area is 158 Å². The fraction of sp³-hybridized carbons (Fsp3) is 0.533. The van der Waals surface area contributed by atoms with Gasteiger partial charge in [-0.15, -0.1) is 35.7 Å². The summed E-state index contributed by atoms with van der Waals surface area (Å²) in [6.45, 7) is 3.97. The van der Waals surface area contributed by atoms with Crippen LogP contribution in [0.3, 0.4) is 0 Å². The highest BCUT2D eigenvalue weighted by Gasteiger charge is 2.01. The van der Waals surface area contributed by atoms with E-state index in [4.69, 9.17) is 0 Å². The molecule has 126 valence electrons. The van der Waals surface area contributed by atoms with Crippen LogP contribution in [0.1, 0.15) is 13.3 Å². The van der Waals surface area contributed by atoms with E-state index in [1.165, 1.54) is 12.1 Å². The van der Waals surface area contributed by atoms with Crippen molar-refractivity contribution in [1.82, 2.24) is 10.6 Å². The third kappa shape index (κ3) is 9.78. The molecule has 0 aliphatic carbocycles. The van der Waals surface area contributed by atoms with Gasteiger partial charge in [0.2, 0.25) is 0 Å². The van der Waals surface area contributed by atoms with E-state index in [1.54, 1.807) is 18.8 Å². The van der Waals surface area contributed by atoms with Crippen molar-refractivity contribution in [3.63, 3.8) is 0 Å². The highest BCUT2D eigenvalue weighted by atomic mass is 127. The quantitative estimate of drug-likeness (QED) is 0.205. The molecule has 0 aromatic heterocycles. The van der Waals surface area contributed by atoms with Crippen LogP contribution in [0, 0.1) is 5.82 Å². The van der Waals surface area contributed by atoms with Gasteiger partial charge in [-0.05, 0) is 42.7 Å². The maximum Gasteiger partial charge on any atom is 0.191 e. The zero-order chi connectivity index (χ0) is 15.5. The summed E-state index contributed by atoms with van der Waals surface area (Å²) < 4.78 is 12.8. The summed E-state index contributed by atoms with van der Waals surface area (Å²) in [5.41, 5.74) is 0. The standard InChI is InChI=1S/C15H24FN3S2.HI/c1-12(20-3)11-19-15(17-2)18-9-4-10-21-14-7-5-13(16)6-8-14;/h5-8,12H,4,9-11H2,1-3H3,(H2,17,18,19);1H. The number of guanidine groups is 1. The van der Waals surface area contributed by atoms with Gasteiger partial charge in [0.1, 0.15) is 5.82 Å². The minimum absolute atomic E-state index is 0. The lowest BCUT2D eigenvalue weighted by molar-refractivity contribution is 0.626. The third-order valence-corrected chi connectivity index (χ3v) is 4.95. The normalized spacial score (nSPS) is 12.5. The molecule has 22 heavy (non-hydrogen) atoms. The molecule has 0 bridgehead atoms. The molecule has 0 aliphatic heterocycles. The average molecular weight is 457 g/mol. The molecule has 0 saturated carbocycles. The van der Waals surface area contributed by atoms with Gasteiger partial charge in [-0.3, -0.25) is 4.99 Å². The SMILES string of the molecule is CN=C(NCCCSc1ccc(F)cc1)NCC(C)SC.I. The number of rotatable bonds is 8. The maximum atomic E-state index is 12.8. The molecule has 3 nitrogen and oxygen atoms in total. The van der Waals surface area contributed by atoms with Gasteiger partial charge in [-0.25, -0.2) is 4.39 Å². The van der Waals surface area contributed by atoms with Crippen LogP contribution in [0.15, 0.2) is 34.2 Å². The lowest BCUT2D eigenvalue weighted by Gasteiger charge is -2.14. The molecule has 1 aromatic rings. The summed E-state index contributed by atoms with van der Waals surface area (Å²) in [5, 5.41) is 7.17. The smallest absolute Gasteiger partial charge is 0.191 e. The van der Waals surface area contributed by atoms with Crippen molar-refractivity contribution in [2.24, 2.45) is 4.99 Å². The first kappa shape index (κ1) is 21.9. The monoisotopic (exact) mass is 457 g/mol. The van der Waals surface area contributed by atoms with E-state index in [9.17, 15) is 4.39 Å². The van der Waals surface area contributed by atoms with Crippen LogP contribution in [0.25, 0.3) is 0 Å². The summed E-state index contributed by atoms with van der Waals surface area (Å²) in [6.07, 6.45) is 3.13. The number of hydrogen-bond donors (Lipinski definition) is 2. The Morgan fingerprint density at radius 3 is 2.55 bits per heavy atom. The van der Waals surface area contributed by atoms with Crippen molar-refractivity contribution in [1.29, 1.82) is 0 Å². The van der Waals surface area contributed by atoms with Crippen LogP contribution in [-0.2, 0) is 0 Å². The topological polar surface area (TPSA) is 36.4 Å². The first-order valence-corrected chi connectivity index (χ1v) is 9.28. The number of nitrogens with zero attached hydrogens (tertiary/aromatic N) is 1. The maximum absolute atomic E-state index is 12.8. The first-order valence-electron chi connectivity index (χ1n) is 7.01. The number of hydrogen-bond acceptors (Lipinski definition) is 3. The molecule has 0 spiro atoms. The van der Waals surface area contributed by atoms with Crippen LogP contribution < -0.4 is 10.6 Å². The van der Waals surface area contributed by atoms with Gasteiger partial charge in [0.05, 0.1) is 0 Å². The summed E-state index contributed by atoms with van der Waals surface area (Å²) in [4.78, 5) is 5.30. The van der Waals surface area contributed by atoms with Crippen molar-refractivity contribution in [2.75, 3.05) is 32.1 Å². The predicted octanol–water partition coefficient (Wildman–Crippen LogP) is 3.84. The summed E-state index contributed by atoms with van der Waals surface area (Å²) >= 11 is 3.57. The highest BCUT2D eigenvalue weighted by Crippen LogP contribution is 2.18. The van der Waals surface area contributed by atoms with E-state index in [1.807, 2.05) is 23.9 Å². The molecule has 2 N–H and O–H groups in total. The van der Waals surface area contributed by atoms with Gasteiger partial charge in [-0.1, -0.05) is 6.92 Å². The summed E-state index contributed by atoms with van der Waals surface area (Å²) in [6, 6.07) is 6.63. The van der Waals surface area contributed by atoms with Crippen molar-refractivity contribution in [3.05, 3.63) is 30.1 Å². The van der Waals surface area contributed by atoms with Gasteiger partial charge in [0.15, 0.2) is 5.96 Å². The van der Waals surface area contributed by atoms with E-state index >= 15 is 0 Å². The average Bonchev–Trinajstić information content (AvgIpc) is 2.51. The predicted molar refractivity (Wildman–Crippen MR) is 109 cm³/mol. The zero-order valence-corrected chi connectivity index (χ0v) is 17.2. The second kappa shape index (κ2) is 13.3. The summed E-state index contributed by atoms with van der Waals surface area (Å²) in [5.74, 6) is 1.66. The van der Waals surface area contributed by atoms with E-state index in [0.29, 0.717) is 5.25 Å². The molecule has 1 atom stereocenters. The Morgan fingerprint density at radius 2 is 1.95 bits per heavy atom. The second-order valence-corrected chi connectivity index (χ2v) is 7.03. The van der Waals surface area contributed by atoms with Crippen LogP contribution in [-0.4, -0.2) is 43.4 Å². The minimum Gasteiger partial charge on any atom is -0.356 e. The van der Waals surface area contributed by atoms with E-state index in [2.05, 4.69) is 28.8 Å². The fourth-order valence-electron chi connectivity index (χ4n) is 1.54. The molecule has 7 heteroatoms. The molecule has 0 saturated heterocycles. The first-order chi connectivity index (χ1) is 10.2. The Balaban J connectivity index is 0.00000441. The van der Waals surface area contributed by atoms with Crippen molar-refractivity contribution >= 4 is 53.5 Å². The lowest BCUT2D eigenvalue weighted by atomic mass is 10.4. The third-order valence-electron chi connectivity index (χ3n) is 2.88. The molecule has 0 heterocycles. The fourth-order valence-corrected chi connectivity index (χ4v) is 2.65. The van der Waals surface area contributed by atoms with Gasteiger partial charge in [0, 0.05) is 30.3 Å². The second-order valence-electron chi connectivity index (χ2n) is 4.58. The van der Waals surface area contributed by atoms with Gasteiger partial charge >= 0.3 is 0 Å². The van der Waals surface area contributed by atoms with E-state index in [0.717, 1.165) is 36.1 Å². The Morgan fingerprint density at radius 1 is 1.27 bits per heavy atom. The van der Waals surface area contributed by atoms with Gasteiger partial charge < -0.3 is 10.6 Å². The highest BCUT2D eigenvalue weighted by molar-refractivity contribution is 14.0. The van der Waals surface area contributed by atoms with Crippen LogP contribution >= 0.6 is 47.5 Å². The number of halogens is 2. The van der Waals surface area contributed by atoms with Crippen molar-refractivity contribution in [3.8, 4) is 0 Å². The summed E-state index contributed by atoms with van der Waals surface area (Å²) in [7, 11) is 1.78. The number of thioether (sulfide) groups is 2. The molecule has 1 aromatic carbocycles. The van der Waals surface area contributed by atoms with Gasteiger partial charge in [-0.2, -0.15) is 11.8 Å². The largest absolute Gasteiger partial charge is 0.356 e. The Hall–Kier alpha value is -0.150. The number of benzene rings is 1. The van der Waals surface area contributed by atoms with Crippen molar-refractivity contribution in [2.45, 2.75) is 23.5 Å². The Bertz CT molecular complexity index is 429. The lowest BCUT2D eigenvalue weighted by Crippen LogP contribution is -2.40. The van der Waals surface area contributed by atoms with Gasteiger partial charge in [0.25, 0.3) is 0 Å². The number of nitrogens with one attached hydrogen (secondary N) is 2. The van der Waals surface area contributed by atoms with Crippen molar-refractivity contribution < 1.29 is 4.39 Å². The van der Waals surface area contributed by atoms with E-state index < -0.39 is 0 Å². The minimum atomic E-state index is -0.185. The van der Waals surface area contributed by atoms with Crippen LogP contribution in [0.4, 0.5) is 4.39 Å². The molecule has 1 rings (SSSR count). The molecule has 1 unspecified atom stereocenters. The molecule has 0 aliphatic rings. The molecule has 0 radical (unpaired) electrons. The molecular weight excluding hydrogens is 432 g/mol. The number of aliphatic imine (C=N–C) groups is 1. The molecular formula is C15H25FIN3S2. The molecule has 0 fully saturated rings. The van der Waals surface area contributed by atoms with Crippen LogP contribution in [0.2, 0.25) is 0 Å². The molecule has 0 amide bonds. The Kier molecular flexibility index (Phi) is 13.2. The van der Waals surface area contributed by atoms with E-state index in [-0.39, 0.29) is 29.8 Å².